The number of carbonyl (C=O) groups is 5. The highest BCUT2D eigenvalue weighted by molar-refractivity contribution is 5.83. The van der Waals surface area contributed by atoms with E-state index in [9.17, 15) is 34.4 Å². The third kappa shape index (κ3) is 17.0. The molecule has 12 heteroatoms. The highest BCUT2D eigenvalue weighted by atomic mass is 16.5. The van der Waals surface area contributed by atoms with E-state index in [-0.39, 0.29) is 50.6 Å². The summed E-state index contributed by atoms with van der Waals surface area (Å²) in [5.74, 6) is -2.61. The van der Waals surface area contributed by atoms with Gasteiger partial charge in [-0.2, -0.15) is 0 Å². The van der Waals surface area contributed by atoms with Crippen molar-refractivity contribution in [2.45, 2.75) is 71.1 Å². The molecule has 0 bridgehead atoms. The molecule has 0 aliphatic heterocycles. The van der Waals surface area contributed by atoms with Crippen molar-refractivity contribution in [1.29, 1.82) is 0 Å². The molecule has 0 aromatic carbocycles. The van der Waals surface area contributed by atoms with Crippen molar-refractivity contribution < 1.29 is 39.5 Å². The van der Waals surface area contributed by atoms with Crippen LogP contribution >= 0.6 is 0 Å². The molecular weight excluding hydrogens is 424 g/mol. The lowest BCUT2D eigenvalue weighted by Crippen LogP contribution is -2.31. The fraction of sp³-hybridized carbons (Fsp3) is 0.750. The summed E-state index contributed by atoms with van der Waals surface area (Å²) >= 11 is 0. The number of unbranched alkanes of at least 4 members (excludes halogenated alkanes) is 4. The van der Waals surface area contributed by atoms with Gasteiger partial charge in [0.05, 0.1) is 6.42 Å². The minimum absolute atomic E-state index is 0.0347. The van der Waals surface area contributed by atoms with Gasteiger partial charge in [-0.15, -0.1) is 0 Å². The minimum Gasteiger partial charge on any atom is -0.481 e. The van der Waals surface area contributed by atoms with Crippen molar-refractivity contribution >= 4 is 29.6 Å². The molecule has 0 unspecified atom stereocenters. The maximum atomic E-state index is 11.9. The lowest BCUT2D eigenvalue weighted by Gasteiger charge is -2.15. The Hall–Kier alpha value is -2.73. The zero-order valence-corrected chi connectivity index (χ0v) is 18.7. The second-order valence-corrected chi connectivity index (χ2v) is 7.37. The Balaban J connectivity index is 3.67. The normalized spacial score (nSPS) is 10.3. The van der Waals surface area contributed by atoms with E-state index in [4.69, 9.17) is 5.11 Å². The summed E-state index contributed by atoms with van der Waals surface area (Å²) in [6.07, 6.45) is 3.40. The molecule has 0 spiro atoms. The molecule has 32 heavy (non-hydrogen) atoms. The zero-order chi connectivity index (χ0) is 24.4. The molecule has 0 rings (SSSR count). The Morgan fingerprint density at radius 1 is 0.656 bits per heavy atom. The monoisotopic (exact) mass is 460 g/mol. The summed E-state index contributed by atoms with van der Waals surface area (Å²) in [7, 11) is 0. The molecule has 0 aliphatic carbocycles. The molecule has 184 valence electrons. The van der Waals surface area contributed by atoms with Crippen molar-refractivity contribution in [3.05, 3.63) is 0 Å². The van der Waals surface area contributed by atoms with E-state index in [1.807, 2.05) is 0 Å². The first kappa shape index (κ1) is 29.3. The van der Waals surface area contributed by atoms with Gasteiger partial charge < -0.3 is 15.7 Å². The molecule has 0 atom stereocenters. The second-order valence-electron chi connectivity index (χ2n) is 7.37. The fourth-order valence-corrected chi connectivity index (χ4v) is 2.61. The number of hydrogen-bond donors (Lipinski definition) is 5. The Labute approximate surface area is 187 Å². The highest BCUT2D eigenvalue weighted by Crippen LogP contribution is 2.02. The summed E-state index contributed by atoms with van der Waals surface area (Å²) in [5.41, 5.74) is 0. The molecule has 0 aliphatic rings. The number of carbonyl (C=O) groups excluding carboxylic acids is 4. The summed E-state index contributed by atoms with van der Waals surface area (Å²) in [6, 6.07) is 0. The van der Waals surface area contributed by atoms with Crippen LogP contribution in [0.3, 0.4) is 0 Å². The third-order valence-corrected chi connectivity index (χ3v) is 4.52. The van der Waals surface area contributed by atoms with Gasteiger partial charge in [0.25, 0.3) is 0 Å². The van der Waals surface area contributed by atoms with Crippen LogP contribution in [0.4, 0.5) is 0 Å². The van der Waals surface area contributed by atoms with Crippen LogP contribution in [-0.2, 0) is 24.0 Å². The average molecular weight is 461 g/mol. The van der Waals surface area contributed by atoms with E-state index in [1.54, 1.807) is 0 Å². The van der Waals surface area contributed by atoms with Gasteiger partial charge in [0.15, 0.2) is 0 Å². The molecule has 0 saturated carbocycles. The predicted molar refractivity (Wildman–Crippen MR) is 112 cm³/mol. The van der Waals surface area contributed by atoms with Gasteiger partial charge in [-0.25, -0.2) is 10.1 Å². The topological polar surface area (TPSA) is 177 Å². The van der Waals surface area contributed by atoms with Gasteiger partial charge in [0.1, 0.15) is 0 Å². The number of carboxylic acid groups (broad SMARTS) is 1. The fourth-order valence-electron chi connectivity index (χ4n) is 2.61. The first-order valence-corrected chi connectivity index (χ1v) is 10.8. The van der Waals surface area contributed by atoms with Crippen molar-refractivity contribution in [3.63, 3.8) is 0 Å². The van der Waals surface area contributed by atoms with Crippen molar-refractivity contribution in [3.8, 4) is 0 Å². The SMILES string of the molecule is CC(=O)N(O)CCCCCNC(=O)CCC(=O)N(O)CCCCCNC(=O)CCC(=O)O. The smallest absolute Gasteiger partial charge is 0.303 e. The molecule has 0 aromatic rings. The average Bonchev–Trinajstić information content (AvgIpc) is 2.74. The standard InChI is InChI=1S/C20H36N4O8/c1-16(25)23(31)14-6-2-4-12-21-17(26)8-10-19(28)24(32)15-7-3-5-13-22-18(27)9-11-20(29)30/h31-32H,2-15H2,1H3,(H,21,26)(H,22,27)(H,29,30). The van der Waals surface area contributed by atoms with Gasteiger partial charge >= 0.3 is 5.97 Å². The van der Waals surface area contributed by atoms with Crippen LogP contribution in [0.25, 0.3) is 0 Å². The van der Waals surface area contributed by atoms with Crippen LogP contribution in [-0.4, -0.2) is 81.4 Å². The third-order valence-electron chi connectivity index (χ3n) is 4.52. The molecule has 5 N–H and O–H groups in total. The number of aliphatic carboxylic acids is 1. The van der Waals surface area contributed by atoms with Gasteiger partial charge in [0.2, 0.25) is 23.6 Å². The van der Waals surface area contributed by atoms with E-state index in [0.29, 0.717) is 55.3 Å². The predicted octanol–water partition coefficient (Wildman–Crippen LogP) is 0.660. The molecule has 0 heterocycles. The maximum Gasteiger partial charge on any atom is 0.303 e. The summed E-state index contributed by atoms with van der Waals surface area (Å²) in [5, 5.41) is 33.9. The number of hydrogen-bond acceptors (Lipinski definition) is 7. The van der Waals surface area contributed by atoms with Crippen molar-refractivity contribution in [2.75, 3.05) is 26.2 Å². The van der Waals surface area contributed by atoms with E-state index in [1.165, 1.54) is 6.92 Å². The van der Waals surface area contributed by atoms with Crippen LogP contribution < -0.4 is 10.6 Å². The van der Waals surface area contributed by atoms with Crippen LogP contribution in [0.1, 0.15) is 71.1 Å². The highest BCUT2D eigenvalue weighted by Gasteiger charge is 2.13. The summed E-state index contributed by atoms with van der Waals surface area (Å²) < 4.78 is 0. The molecule has 0 radical (unpaired) electrons. The first-order chi connectivity index (χ1) is 15.1. The van der Waals surface area contributed by atoms with E-state index >= 15 is 0 Å². The molecular formula is C20H36N4O8. The van der Waals surface area contributed by atoms with Gasteiger partial charge in [-0.1, -0.05) is 0 Å². The quantitative estimate of drug-likeness (QED) is 0.112. The molecule has 0 saturated heterocycles. The van der Waals surface area contributed by atoms with Crippen LogP contribution in [0.5, 0.6) is 0 Å². The first-order valence-electron chi connectivity index (χ1n) is 10.8. The molecule has 4 amide bonds. The Morgan fingerprint density at radius 3 is 1.59 bits per heavy atom. The lowest BCUT2D eigenvalue weighted by atomic mass is 10.2. The van der Waals surface area contributed by atoms with Gasteiger partial charge in [0, 0.05) is 52.4 Å². The summed E-state index contributed by atoms with van der Waals surface area (Å²) in [4.78, 5) is 56.1. The Kier molecular flexibility index (Phi) is 16.4. The summed E-state index contributed by atoms with van der Waals surface area (Å²) in [6.45, 7) is 2.45. The van der Waals surface area contributed by atoms with Crippen LogP contribution in [0.15, 0.2) is 0 Å². The molecule has 12 nitrogen and oxygen atoms in total. The van der Waals surface area contributed by atoms with E-state index in [2.05, 4.69) is 10.6 Å². The number of amides is 4. The number of hydroxylamine groups is 4. The number of nitrogens with zero attached hydrogens (tertiary/aromatic N) is 2. The Bertz CT molecular complexity index is 614. The van der Waals surface area contributed by atoms with Crippen molar-refractivity contribution in [2.24, 2.45) is 0 Å². The number of rotatable bonds is 18. The van der Waals surface area contributed by atoms with Gasteiger partial charge in [-0.05, 0) is 38.5 Å². The van der Waals surface area contributed by atoms with Crippen molar-refractivity contribution in [1.82, 2.24) is 20.8 Å². The zero-order valence-electron chi connectivity index (χ0n) is 18.7. The number of carboxylic acids is 1. The van der Waals surface area contributed by atoms with Gasteiger partial charge in [-0.3, -0.25) is 34.4 Å². The lowest BCUT2D eigenvalue weighted by molar-refractivity contribution is -0.166. The molecule has 0 fully saturated rings. The second kappa shape index (κ2) is 17.9. The minimum atomic E-state index is -1.03. The Morgan fingerprint density at radius 2 is 1.12 bits per heavy atom. The maximum absolute atomic E-state index is 11.9. The van der Waals surface area contributed by atoms with E-state index < -0.39 is 17.8 Å². The number of nitrogens with one attached hydrogen (secondary N) is 2. The van der Waals surface area contributed by atoms with Crippen LogP contribution in [0.2, 0.25) is 0 Å². The van der Waals surface area contributed by atoms with E-state index in [0.717, 1.165) is 6.42 Å². The largest absolute Gasteiger partial charge is 0.481 e. The molecule has 0 aromatic heterocycles. The van der Waals surface area contributed by atoms with Crippen LogP contribution in [0, 0.1) is 0 Å².